The summed E-state index contributed by atoms with van der Waals surface area (Å²) >= 11 is 1.28. The van der Waals surface area contributed by atoms with Crippen molar-refractivity contribution in [3.63, 3.8) is 0 Å². The molecule has 0 amide bonds. The summed E-state index contributed by atoms with van der Waals surface area (Å²) in [6, 6.07) is 9.94. The summed E-state index contributed by atoms with van der Waals surface area (Å²) in [6.07, 6.45) is 3.39. The molecule has 0 bridgehead atoms. The molecule has 0 aliphatic heterocycles. The number of thioether (sulfide) groups is 1. The maximum Gasteiger partial charge on any atom is 0.312 e. The Morgan fingerprint density at radius 2 is 1.88 bits per heavy atom. The first-order valence-corrected chi connectivity index (χ1v) is 10.9. The molecule has 0 fully saturated rings. The van der Waals surface area contributed by atoms with Gasteiger partial charge in [-0.2, -0.15) is 14.9 Å². The van der Waals surface area contributed by atoms with E-state index in [1.165, 1.54) is 23.9 Å². The van der Waals surface area contributed by atoms with Crippen LogP contribution in [0.5, 0.6) is 0 Å². The molecular weight excluding hydrogens is 462 g/mol. The molecule has 4 rings (SSSR count). The third-order valence-corrected chi connectivity index (χ3v) is 5.90. The standard InChI is InChI=1S/C20H19N9O4S/c1-13-19(29(32)33)14(2)26(24-13)12-34-20-23-22-15(3)27(20)21-11-18-8-5-9-25(18)16-6-4-7-17(10-16)28(30)31/h4-11H,12H2,1-3H3/b21-11-. The maximum absolute atomic E-state index is 11.2. The smallest absolute Gasteiger partial charge is 0.312 e. The van der Waals surface area contributed by atoms with E-state index < -0.39 is 9.85 Å². The number of hydrogen-bond acceptors (Lipinski definition) is 9. The zero-order valence-corrected chi connectivity index (χ0v) is 19.2. The fourth-order valence-corrected chi connectivity index (χ4v) is 4.25. The van der Waals surface area contributed by atoms with E-state index in [9.17, 15) is 20.2 Å². The predicted octanol–water partition coefficient (Wildman–Crippen LogP) is 3.64. The summed E-state index contributed by atoms with van der Waals surface area (Å²) in [7, 11) is 0. The third-order valence-electron chi connectivity index (χ3n) is 5.01. The van der Waals surface area contributed by atoms with E-state index in [2.05, 4.69) is 20.4 Å². The number of non-ortho nitro benzene ring substituents is 1. The number of nitrogens with zero attached hydrogens (tertiary/aromatic N) is 9. The second-order valence-corrected chi connectivity index (χ2v) is 8.13. The number of hydrogen-bond donors (Lipinski definition) is 0. The van der Waals surface area contributed by atoms with Crippen molar-refractivity contribution in [2.24, 2.45) is 5.10 Å². The Morgan fingerprint density at radius 1 is 1.09 bits per heavy atom. The van der Waals surface area contributed by atoms with E-state index >= 15 is 0 Å². The normalized spacial score (nSPS) is 11.4. The summed E-state index contributed by atoms with van der Waals surface area (Å²) in [5, 5.41) is 39.8. The molecule has 34 heavy (non-hydrogen) atoms. The molecule has 0 N–H and O–H groups in total. The van der Waals surface area contributed by atoms with Crippen molar-refractivity contribution in [1.29, 1.82) is 0 Å². The first kappa shape index (κ1) is 22.8. The first-order chi connectivity index (χ1) is 16.3. The minimum Gasteiger partial charge on any atom is -0.315 e. The van der Waals surface area contributed by atoms with Crippen LogP contribution in [0.3, 0.4) is 0 Å². The lowest BCUT2D eigenvalue weighted by atomic mass is 10.2. The van der Waals surface area contributed by atoms with Crippen LogP contribution in [0, 0.1) is 41.0 Å². The summed E-state index contributed by atoms with van der Waals surface area (Å²) in [5.41, 5.74) is 2.11. The van der Waals surface area contributed by atoms with Crippen molar-refractivity contribution in [3.8, 4) is 5.69 Å². The number of aryl methyl sites for hydroxylation is 2. The zero-order chi connectivity index (χ0) is 24.4. The monoisotopic (exact) mass is 481 g/mol. The van der Waals surface area contributed by atoms with Gasteiger partial charge in [0.25, 0.3) is 5.69 Å². The minimum atomic E-state index is -0.442. The van der Waals surface area contributed by atoms with E-state index in [0.717, 1.165) is 0 Å². The molecule has 13 nitrogen and oxygen atoms in total. The Kier molecular flexibility index (Phi) is 6.23. The fourth-order valence-electron chi connectivity index (χ4n) is 3.37. The Hall–Kier alpha value is -4.33. The topological polar surface area (TPSA) is 152 Å². The van der Waals surface area contributed by atoms with Crippen LogP contribution in [0.2, 0.25) is 0 Å². The molecule has 0 radical (unpaired) electrons. The fraction of sp³-hybridized carbons (Fsp3) is 0.200. The van der Waals surface area contributed by atoms with E-state index in [0.29, 0.717) is 33.8 Å². The molecule has 1 aromatic carbocycles. The van der Waals surface area contributed by atoms with Crippen LogP contribution in [-0.4, -0.2) is 45.3 Å². The number of rotatable bonds is 8. The molecule has 0 spiro atoms. The summed E-state index contributed by atoms with van der Waals surface area (Å²) in [5.74, 6) is 0.838. The zero-order valence-electron chi connectivity index (χ0n) is 18.4. The summed E-state index contributed by atoms with van der Waals surface area (Å²) < 4.78 is 4.87. The number of aromatic nitrogens is 6. The summed E-state index contributed by atoms with van der Waals surface area (Å²) in [4.78, 5) is 21.5. The highest BCUT2D eigenvalue weighted by Crippen LogP contribution is 2.26. The van der Waals surface area contributed by atoms with Crippen LogP contribution in [0.4, 0.5) is 11.4 Å². The van der Waals surface area contributed by atoms with Gasteiger partial charge in [0.15, 0.2) is 5.82 Å². The second kappa shape index (κ2) is 9.27. The van der Waals surface area contributed by atoms with Gasteiger partial charge in [-0.05, 0) is 39.0 Å². The minimum absolute atomic E-state index is 0.00169. The quantitative estimate of drug-likeness (QED) is 0.160. The molecule has 0 saturated carbocycles. The Labute approximate surface area is 197 Å². The SMILES string of the molecule is Cc1nn(CSc2nnc(C)n2/N=C\c2cccn2-c2cccc([N+](=O)[O-])c2)c(C)c1[N+](=O)[O-]. The van der Waals surface area contributed by atoms with Gasteiger partial charge in [0.1, 0.15) is 11.4 Å². The van der Waals surface area contributed by atoms with Gasteiger partial charge < -0.3 is 4.57 Å². The van der Waals surface area contributed by atoms with Crippen LogP contribution in [-0.2, 0) is 5.88 Å². The molecule has 3 heterocycles. The van der Waals surface area contributed by atoms with Gasteiger partial charge in [-0.25, -0.2) is 0 Å². The van der Waals surface area contributed by atoms with Gasteiger partial charge in [0.05, 0.1) is 33.3 Å². The number of nitro benzene ring substituents is 1. The summed E-state index contributed by atoms with van der Waals surface area (Å²) in [6.45, 7) is 5.00. The van der Waals surface area contributed by atoms with Crippen molar-refractivity contribution >= 4 is 29.4 Å². The largest absolute Gasteiger partial charge is 0.315 e. The van der Waals surface area contributed by atoms with Crippen LogP contribution in [0.15, 0.2) is 52.9 Å². The highest BCUT2D eigenvalue weighted by atomic mass is 32.2. The van der Waals surface area contributed by atoms with E-state index in [1.54, 1.807) is 59.2 Å². The predicted molar refractivity (Wildman–Crippen MR) is 124 cm³/mol. The highest BCUT2D eigenvalue weighted by molar-refractivity contribution is 7.98. The molecule has 0 aliphatic carbocycles. The molecule has 14 heteroatoms. The van der Waals surface area contributed by atoms with Gasteiger partial charge in [0, 0.05) is 18.3 Å². The lowest BCUT2D eigenvalue weighted by Gasteiger charge is -2.07. The Balaban J connectivity index is 1.57. The highest BCUT2D eigenvalue weighted by Gasteiger charge is 2.22. The molecule has 0 saturated heterocycles. The first-order valence-electron chi connectivity index (χ1n) is 9.96. The maximum atomic E-state index is 11.2. The average molecular weight is 481 g/mol. The van der Waals surface area contributed by atoms with Gasteiger partial charge in [-0.3, -0.25) is 24.9 Å². The van der Waals surface area contributed by atoms with Crippen molar-refractivity contribution in [3.05, 3.63) is 85.7 Å². The molecule has 4 aromatic rings. The molecule has 174 valence electrons. The van der Waals surface area contributed by atoms with Crippen molar-refractivity contribution in [2.45, 2.75) is 31.8 Å². The van der Waals surface area contributed by atoms with E-state index in [-0.39, 0.29) is 17.3 Å². The Morgan fingerprint density at radius 3 is 2.59 bits per heavy atom. The van der Waals surface area contributed by atoms with Crippen LogP contribution < -0.4 is 0 Å². The lowest BCUT2D eigenvalue weighted by molar-refractivity contribution is -0.386. The van der Waals surface area contributed by atoms with Gasteiger partial charge in [-0.15, -0.1) is 10.2 Å². The lowest BCUT2D eigenvalue weighted by Crippen LogP contribution is -2.03. The third kappa shape index (κ3) is 4.43. The van der Waals surface area contributed by atoms with Crippen molar-refractivity contribution in [2.75, 3.05) is 0 Å². The molecule has 0 unspecified atom stereocenters. The number of benzene rings is 1. The van der Waals surface area contributed by atoms with Crippen molar-refractivity contribution < 1.29 is 9.85 Å². The second-order valence-electron chi connectivity index (χ2n) is 7.22. The van der Waals surface area contributed by atoms with Crippen LogP contribution in [0.1, 0.15) is 22.9 Å². The van der Waals surface area contributed by atoms with Crippen LogP contribution >= 0.6 is 11.8 Å². The molecule has 3 aromatic heterocycles. The average Bonchev–Trinajstić information content (AvgIpc) is 3.48. The number of nitro groups is 2. The van der Waals surface area contributed by atoms with Gasteiger partial charge in [-0.1, -0.05) is 17.8 Å². The van der Waals surface area contributed by atoms with Crippen molar-refractivity contribution in [1.82, 2.24) is 29.2 Å². The van der Waals surface area contributed by atoms with Crippen LogP contribution in [0.25, 0.3) is 5.69 Å². The van der Waals surface area contributed by atoms with Gasteiger partial charge >= 0.3 is 5.69 Å². The van der Waals surface area contributed by atoms with E-state index in [1.807, 2.05) is 12.1 Å². The molecular formula is C20H19N9O4S. The Bertz CT molecular complexity index is 1420. The van der Waals surface area contributed by atoms with E-state index in [4.69, 9.17) is 0 Å². The molecule has 0 atom stereocenters. The molecule has 0 aliphatic rings. The van der Waals surface area contributed by atoms with Gasteiger partial charge in [0.2, 0.25) is 5.16 Å².